The van der Waals surface area contributed by atoms with Crippen LogP contribution in [0.4, 0.5) is 0 Å². The number of rotatable bonds is 4. The van der Waals surface area contributed by atoms with Gasteiger partial charge in [0.1, 0.15) is 5.82 Å². The van der Waals surface area contributed by atoms with Gasteiger partial charge in [0.05, 0.1) is 0 Å². The highest BCUT2D eigenvalue weighted by atomic mass is 14.9. The van der Waals surface area contributed by atoms with Crippen molar-refractivity contribution < 1.29 is 0 Å². The summed E-state index contributed by atoms with van der Waals surface area (Å²) in [6, 6.07) is 17.5. The summed E-state index contributed by atoms with van der Waals surface area (Å²) in [5, 5.41) is 0. The lowest BCUT2D eigenvalue weighted by atomic mass is 10.0. The molecule has 2 aromatic carbocycles. The monoisotopic (exact) mass is 316 g/mol. The van der Waals surface area contributed by atoms with Crippen LogP contribution in [0.5, 0.6) is 0 Å². The van der Waals surface area contributed by atoms with Gasteiger partial charge in [-0.25, -0.2) is 9.97 Å². The average Bonchev–Trinajstić information content (AvgIpc) is 2.53. The van der Waals surface area contributed by atoms with Crippen LogP contribution in [0.2, 0.25) is 0 Å². The van der Waals surface area contributed by atoms with Gasteiger partial charge >= 0.3 is 0 Å². The van der Waals surface area contributed by atoms with E-state index in [2.05, 4.69) is 86.2 Å². The molecule has 3 aromatic rings. The van der Waals surface area contributed by atoms with E-state index >= 15 is 0 Å². The highest BCUT2D eigenvalue weighted by molar-refractivity contribution is 5.33. The van der Waals surface area contributed by atoms with Gasteiger partial charge in [0, 0.05) is 17.8 Å². The molecule has 0 aliphatic heterocycles. The fourth-order valence-electron chi connectivity index (χ4n) is 3.01. The zero-order chi connectivity index (χ0) is 17.1. The van der Waals surface area contributed by atoms with E-state index in [1.165, 1.54) is 27.8 Å². The Morgan fingerprint density at radius 3 is 1.83 bits per heavy atom. The van der Waals surface area contributed by atoms with Crippen molar-refractivity contribution in [1.82, 2.24) is 9.97 Å². The standard InChI is InChI=1S/C22H24N2/c1-15-7-5-8-19(11-15)12-20-9-6-10-21(13-20)14-22-23-17(3)16(2)18(4)24-22/h5-11,13H,12,14H2,1-4H3. The largest absolute Gasteiger partial charge is 0.238 e. The molecule has 3 rings (SSSR count). The first-order valence-corrected chi connectivity index (χ1v) is 8.45. The summed E-state index contributed by atoms with van der Waals surface area (Å²) in [6.07, 6.45) is 1.74. The van der Waals surface area contributed by atoms with Crippen molar-refractivity contribution in [2.75, 3.05) is 0 Å². The molecule has 0 aliphatic carbocycles. The highest BCUT2D eigenvalue weighted by Crippen LogP contribution is 2.16. The second kappa shape index (κ2) is 6.96. The normalized spacial score (nSPS) is 10.8. The quantitative estimate of drug-likeness (QED) is 0.684. The Morgan fingerprint density at radius 1 is 0.667 bits per heavy atom. The molecule has 0 N–H and O–H groups in total. The molecular formula is C22H24N2. The predicted molar refractivity (Wildman–Crippen MR) is 99.5 cm³/mol. The second-order valence-electron chi connectivity index (χ2n) is 6.60. The van der Waals surface area contributed by atoms with E-state index in [4.69, 9.17) is 0 Å². The SMILES string of the molecule is Cc1cccc(Cc2cccc(Cc3nc(C)c(C)c(C)n3)c2)c1. The third-order valence-electron chi connectivity index (χ3n) is 4.52. The fraction of sp³-hybridized carbons (Fsp3) is 0.273. The van der Waals surface area contributed by atoms with Crippen LogP contribution < -0.4 is 0 Å². The van der Waals surface area contributed by atoms with Gasteiger partial charge in [0.15, 0.2) is 0 Å². The van der Waals surface area contributed by atoms with Crippen LogP contribution in [-0.4, -0.2) is 9.97 Å². The number of benzene rings is 2. The summed E-state index contributed by atoms with van der Waals surface area (Å²) < 4.78 is 0. The van der Waals surface area contributed by atoms with Crippen LogP contribution in [-0.2, 0) is 12.8 Å². The average molecular weight is 316 g/mol. The molecule has 0 spiro atoms. The van der Waals surface area contributed by atoms with Crippen molar-refractivity contribution in [3.63, 3.8) is 0 Å². The minimum Gasteiger partial charge on any atom is -0.238 e. The number of aromatic nitrogens is 2. The van der Waals surface area contributed by atoms with E-state index < -0.39 is 0 Å². The van der Waals surface area contributed by atoms with E-state index in [9.17, 15) is 0 Å². The molecule has 0 fully saturated rings. The topological polar surface area (TPSA) is 25.8 Å². The zero-order valence-corrected chi connectivity index (χ0v) is 14.9. The van der Waals surface area contributed by atoms with Crippen LogP contribution in [0.1, 0.15) is 45.0 Å². The lowest BCUT2D eigenvalue weighted by molar-refractivity contribution is 0.898. The van der Waals surface area contributed by atoms with Crippen LogP contribution in [0.25, 0.3) is 0 Å². The van der Waals surface area contributed by atoms with Crippen LogP contribution in [0, 0.1) is 27.7 Å². The lowest BCUT2D eigenvalue weighted by Gasteiger charge is -2.09. The molecular weight excluding hydrogens is 292 g/mol. The van der Waals surface area contributed by atoms with Crippen LogP contribution in [0.3, 0.4) is 0 Å². The van der Waals surface area contributed by atoms with Gasteiger partial charge in [0.25, 0.3) is 0 Å². The van der Waals surface area contributed by atoms with Crippen LogP contribution >= 0.6 is 0 Å². The maximum absolute atomic E-state index is 4.64. The number of nitrogens with zero attached hydrogens (tertiary/aromatic N) is 2. The molecule has 2 nitrogen and oxygen atoms in total. The molecule has 0 aliphatic rings. The molecule has 0 saturated heterocycles. The van der Waals surface area contributed by atoms with Crippen molar-refractivity contribution >= 4 is 0 Å². The third kappa shape index (κ3) is 3.88. The van der Waals surface area contributed by atoms with Gasteiger partial charge in [-0.2, -0.15) is 0 Å². The van der Waals surface area contributed by atoms with Gasteiger partial charge in [-0.05, 0) is 56.4 Å². The number of hydrogen-bond acceptors (Lipinski definition) is 2. The Morgan fingerprint density at radius 2 is 1.21 bits per heavy atom. The van der Waals surface area contributed by atoms with Crippen molar-refractivity contribution in [3.05, 3.63) is 93.6 Å². The summed E-state index contributed by atoms with van der Waals surface area (Å²) in [7, 11) is 0. The first-order valence-electron chi connectivity index (χ1n) is 8.45. The molecule has 0 atom stereocenters. The van der Waals surface area contributed by atoms with Gasteiger partial charge in [-0.3, -0.25) is 0 Å². The molecule has 1 aromatic heterocycles. The summed E-state index contributed by atoms with van der Waals surface area (Å²) in [4.78, 5) is 9.29. The molecule has 0 unspecified atom stereocenters. The van der Waals surface area contributed by atoms with Gasteiger partial charge in [-0.1, -0.05) is 54.1 Å². The summed E-state index contributed by atoms with van der Waals surface area (Å²) in [5.74, 6) is 0.906. The predicted octanol–water partition coefficient (Wildman–Crippen LogP) is 4.89. The summed E-state index contributed by atoms with van der Waals surface area (Å²) in [5.41, 5.74) is 8.60. The van der Waals surface area contributed by atoms with E-state index in [0.29, 0.717) is 0 Å². The zero-order valence-electron chi connectivity index (χ0n) is 14.9. The van der Waals surface area contributed by atoms with Crippen LogP contribution in [0.15, 0.2) is 48.5 Å². The Bertz CT molecular complexity index is 842. The second-order valence-corrected chi connectivity index (χ2v) is 6.60. The minimum atomic E-state index is 0.781. The Balaban J connectivity index is 1.80. The van der Waals surface area contributed by atoms with Crippen molar-refractivity contribution in [3.8, 4) is 0 Å². The first-order chi connectivity index (χ1) is 11.5. The first kappa shape index (κ1) is 16.4. The van der Waals surface area contributed by atoms with Gasteiger partial charge in [0.2, 0.25) is 0 Å². The molecule has 24 heavy (non-hydrogen) atoms. The highest BCUT2D eigenvalue weighted by Gasteiger charge is 2.06. The van der Waals surface area contributed by atoms with Crippen molar-refractivity contribution in [2.24, 2.45) is 0 Å². The molecule has 0 saturated carbocycles. The molecule has 2 heteroatoms. The molecule has 0 radical (unpaired) electrons. The minimum absolute atomic E-state index is 0.781. The maximum atomic E-state index is 4.64. The number of hydrogen-bond donors (Lipinski definition) is 0. The Hall–Kier alpha value is -2.48. The fourth-order valence-corrected chi connectivity index (χ4v) is 3.01. The number of aryl methyl sites for hydroxylation is 3. The van der Waals surface area contributed by atoms with Crippen molar-refractivity contribution in [1.29, 1.82) is 0 Å². The molecule has 122 valence electrons. The Kier molecular flexibility index (Phi) is 4.75. The van der Waals surface area contributed by atoms with E-state index in [0.717, 1.165) is 30.1 Å². The summed E-state index contributed by atoms with van der Waals surface area (Å²) in [6.45, 7) is 8.33. The van der Waals surface area contributed by atoms with Gasteiger partial charge < -0.3 is 0 Å². The smallest absolute Gasteiger partial charge is 0.133 e. The van der Waals surface area contributed by atoms with Gasteiger partial charge in [-0.15, -0.1) is 0 Å². The van der Waals surface area contributed by atoms with E-state index in [1.807, 2.05) is 0 Å². The molecule has 0 bridgehead atoms. The maximum Gasteiger partial charge on any atom is 0.133 e. The summed E-state index contributed by atoms with van der Waals surface area (Å²) >= 11 is 0. The molecule has 0 amide bonds. The Labute approximate surface area is 144 Å². The lowest BCUT2D eigenvalue weighted by Crippen LogP contribution is -2.03. The van der Waals surface area contributed by atoms with Crippen molar-refractivity contribution in [2.45, 2.75) is 40.5 Å². The molecule has 1 heterocycles. The van der Waals surface area contributed by atoms with E-state index in [1.54, 1.807) is 0 Å². The van der Waals surface area contributed by atoms with E-state index in [-0.39, 0.29) is 0 Å². The third-order valence-corrected chi connectivity index (χ3v) is 4.52.